The van der Waals surface area contributed by atoms with Crippen molar-refractivity contribution in [3.05, 3.63) is 51.3 Å². The summed E-state index contributed by atoms with van der Waals surface area (Å²) >= 11 is 8.49. The summed E-state index contributed by atoms with van der Waals surface area (Å²) in [6.45, 7) is 4.31. The first-order chi connectivity index (χ1) is 10.4. The maximum atomic E-state index is 12.8. The van der Waals surface area contributed by atoms with Gasteiger partial charge in [0.25, 0.3) is 0 Å². The van der Waals surface area contributed by atoms with Crippen molar-refractivity contribution in [1.29, 1.82) is 0 Å². The summed E-state index contributed by atoms with van der Waals surface area (Å²) in [6, 6.07) is 4.21. The number of pyridine rings is 2. The number of ether oxygens (including phenoxy) is 1. The van der Waals surface area contributed by atoms with Crippen LogP contribution in [0.2, 0.25) is 0 Å². The SMILES string of the molecule is CCI.CCOc1ncc(Br)cc1F.Fc1ccc(Br)cn1. The van der Waals surface area contributed by atoms with Crippen LogP contribution < -0.4 is 4.74 Å². The number of aromatic nitrogens is 2. The molecule has 0 bridgehead atoms. The lowest BCUT2D eigenvalue weighted by atomic mass is 10.5. The van der Waals surface area contributed by atoms with Gasteiger partial charge < -0.3 is 4.74 Å². The first kappa shape index (κ1) is 21.6. The molecule has 0 aliphatic rings. The molecule has 0 unspecified atom stereocenters. The lowest BCUT2D eigenvalue weighted by Gasteiger charge is -2.01. The summed E-state index contributed by atoms with van der Waals surface area (Å²) < 4.78 is 32.3. The van der Waals surface area contributed by atoms with Crippen LogP contribution in [0.1, 0.15) is 13.8 Å². The van der Waals surface area contributed by atoms with Gasteiger partial charge in [-0.05, 0) is 61.4 Å². The number of nitrogens with zero attached hydrogens (tertiary/aromatic N) is 2. The lowest BCUT2D eigenvalue weighted by molar-refractivity contribution is 0.307. The molecule has 2 aromatic heterocycles. The Balaban J connectivity index is 0.000000352. The van der Waals surface area contributed by atoms with Gasteiger partial charge in [-0.25, -0.2) is 14.4 Å². The van der Waals surface area contributed by atoms with E-state index in [-0.39, 0.29) is 5.88 Å². The van der Waals surface area contributed by atoms with Gasteiger partial charge in [-0.3, -0.25) is 0 Å². The molecule has 2 rings (SSSR count). The molecule has 0 saturated heterocycles. The van der Waals surface area contributed by atoms with E-state index in [2.05, 4.69) is 71.3 Å². The van der Waals surface area contributed by atoms with Gasteiger partial charge >= 0.3 is 0 Å². The third-order valence-corrected chi connectivity index (χ3v) is 2.65. The number of rotatable bonds is 2. The van der Waals surface area contributed by atoms with Gasteiger partial charge in [0.1, 0.15) is 0 Å². The Bertz CT molecular complexity index is 524. The fourth-order valence-electron chi connectivity index (χ4n) is 1.00. The molecular weight excluding hydrogens is 537 g/mol. The fourth-order valence-corrected chi connectivity index (χ4v) is 1.54. The van der Waals surface area contributed by atoms with Gasteiger partial charge in [-0.15, -0.1) is 0 Å². The minimum Gasteiger partial charge on any atom is -0.476 e. The van der Waals surface area contributed by atoms with Crippen LogP contribution in [0.15, 0.2) is 39.5 Å². The maximum Gasteiger partial charge on any atom is 0.250 e. The summed E-state index contributed by atoms with van der Waals surface area (Å²) in [5.41, 5.74) is 0. The number of alkyl halides is 1. The molecule has 0 saturated carbocycles. The number of halogens is 5. The first-order valence-electron chi connectivity index (χ1n) is 6.21. The predicted molar refractivity (Wildman–Crippen MR) is 99.5 cm³/mol. The van der Waals surface area contributed by atoms with E-state index in [1.807, 2.05) is 0 Å². The summed E-state index contributed by atoms with van der Waals surface area (Å²) in [5, 5.41) is 0. The largest absolute Gasteiger partial charge is 0.476 e. The van der Waals surface area contributed by atoms with Crippen molar-refractivity contribution in [3.63, 3.8) is 0 Å². The van der Waals surface area contributed by atoms with Crippen molar-refractivity contribution in [2.24, 2.45) is 0 Å². The highest BCUT2D eigenvalue weighted by Gasteiger charge is 2.03. The Morgan fingerprint density at radius 1 is 1.09 bits per heavy atom. The molecule has 122 valence electrons. The smallest absolute Gasteiger partial charge is 0.250 e. The van der Waals surface area contributed by atoms with Crippen LogP contribution in [-0.2, 0) is 0 Å². The minimum absolute atomic E-state index is 0.0516. The van der Waals surface area contributed by atoms with Gasteiger partial charge in [0.15, 0.2) is 5.82 Å². The van der Waals surface area contributed by atoms with Crippen molar-refractivity contribution in [2.75, 3.05) is 11.0 Å². The molecule has 0 radical (unpaired) electrons. The molecule has 0 N–H and O–H groups in total. The summed E-state index contributed by atoms with van der Waals surface area (Å²) in [6.07, 6.45) is 2.91. The minimum atomic E-state index is -0.451. The molecule has 2 heterocycles. The van der Waals surface area contributed by atoms with E-state index in [1.165, 1.54) is 29.0 Å². The molecule has 0 aromatic carbocycles. The van der Waals surface area contributed by atoms with E-state index >= 15 is 0 Å². The van der Waals surface area contributed by atoms with Gasteiger partial charge in [0, 0.05) is 21.3 Å². The molecule has 0 fully saturated rings. The van der Waals surface area contributed by atoms with Crippen LogP contribution in [0.3, 0.4) is 0 Å². The summed E-state index contributed by atoms with van der Waals surface area (Å²) in [5.74, 6) is -0.842. The van der Waals surface area contributed by atoms with E-state index < -0.39 is 11.8 Å². The topological polar surface area (TPSA) is 35.0 Å². The lowest BCUT2D eigenvalue weighted by Crippen LogP contribution is -1.96. The molecule has 0 aliphatic heterocycles. The quantitative estimate of drug-likeness (QED) is 0.269. The van der Waals surface area contributed by atoms with E-state index in [1.54, 1.807) is 13.0 Å². The second-order valence-electron chi connectivity index (χ2n) is 3.44. The normalized spacial score (nSPS) is 9.05. The molecule has 22 heavy (non-hydrogen) atoms. The summed E-state index contributed by atoms with van der Waals surface area (Å²) in [7, 11) is 0. The van der Waals surface area contributed by atoms with Crippen molar-refractivity contribution in [1.82, 2.24) is 9.97 Å². The standard InChI is InChI=1S/C7H7BrFNO.C5H3BrFN.C2H5I/c1-2-11-7-6(9)3-5(8)4-10-7;6-4-1-2-5(7)8-3-4;1-2-3/h3-4H,2H2,1H3;1-3H;2H2,1H3. The Hall–Kier alpha value is -0.350. The fraction of sp³-hybridized carbons (Fsp3) is 0.286. The van der Waals surface area contributed by atoms with Crippen LogP contribution in [-0.4, -0.2) is 21.0 Å². The second-order valence-corrected chi connectivity index (χ2v) is 6.80. The van der Waals surface area contributed by atoms with Crippen LogP contribution in [0, 0.1) is 11.8 Å². The Morgan fingerprint density at radius 3 is 2.09 bits per heavy atom. The van der Waals surface area contributed by atoms with Crippen LogP contribution in [0.5, 0.6) is 5.88 Å². The highest BCUT2D eigenvalue weighted by atomic mass is 127. The monoisotopic (exact) mass is 550 g/mol. The van der Waals surface area contributed by atoms with E-state index in [4.69, 9.17) is 4.74 Å². The Morgan fingerprint density at radius 2 is 1.68 bits per heavy atom. The highest BCUT2D eigenvalue weighted by Crippen LogP contribution is 2.17. The van der Waals surface area contributed by atoms with E-state index in [9.17, 15) is 8.78 Å². The van der Waals surface area contributed by atoms with Crippen LogP contribution in [0.25, 0.3) is 0 Å². The molecular formula is C14H15Br2F2IN2O. The average Bonchev–Trinajstić information content (AvgIpc) is 2.47. The molecule has 0 atom stereocenters. The van der Waals surface area contributed by atoms with Gasteiger partial charge in [0.05, 0.1) is 6.61 Å². The van der Waals surface area contributed by atoms with E-state index in [0.29, 0.717) is 11.1 Å². The molecule has 0 aliphatic carbocycles. The van der Waals surface area contributed by atoms with Crippen LogP contribution >= 0.6 is 54.5 Å². The molecule has 2 aromatic rings. The van der Waals surface area contributed by atoms with Crippen LogP contribution in [0.4, 0.5) is 8.78 Å². The third-order valence-electron chi connectivity index (χ3n) is 1.75. The van der Waals surface area contributed by atoms with Gasteiger partial charge in [-0.2, -0.15) is 4.39 Å². The Labute approximate surface area is 159 Å². The van der Waals surface area contributed by atoms with Crippen molar-refractivity contribution >= 4 is 54.5 Å². The maximum absolute atomic E-state index is 12.8. The van der Waals surface area contributed by atoms with Crippen molar-refractivity contribution in [3.8, 4) is 5.88 Å². The van der Waals surface area contributed by atoms with Gasteiger partial charge in [0.2, 0.25) is 11.8 Å². The zero-order valence-corrected chi connectivity index (χ0v) is 17.3. The highest BCUT2D eigenvalue weighted by molar-refractivity contribution is 14.1. The average molecular weight is 552 g/mol. The molecule has 3 nitrogen and oxygen atoms in total. The van der Waals surface area contributed by atoms with Gasteiger partial charge in [-0.1, -0.05) is 29.5 Å². The van der Waals surface area contributed by atoms with Crippen molar-refractivity contribution in [2.45, 2.75) is 13.8 Å². The zero-order valence-electron chi connectivity index (χ0n) is 12.0. The number of hydrogen-bond donors (Lipinski definition) is 0. The zero-order chi connectivity index (χ0) is 17.0. The van der Waals surface area contributed by atoms with E-state index in [0.717, 1.165) is 4.47 Å². The van der Waals surface area contributed by atoms with Crippen molar-refractivity contribution < 1.29 is 13.5 Å². The number of hydrogen-bond acceptors (Lipinski definition) is 3. The second kappa shape index (κ2) is 13.1. The Kier molecular flexibility index (Phi) is 12.9. The predicted octanol–water partition coefficient (Wildman–Crippen LogP) is 5.81. The summed E-state index contributed by atoms with van der Waals surface area (Å²) in [4.78, 5) is 7.09. The molecule has 0 spiro atoms. The molecule has 8 heteroatoms. The third kappa shape index (κ3) is 10.4. The first-order valence-corrected chi connectivity index (χ1v) is 9.32. The molecule has 0 amide bonds.